The van der Waals surface area contributed by atoms with E-state index in [9.17, 15) is 17.6 Å². The summed E-state index contributed by atoms with van der Waals surface area (Å²) in [5.41, 5.74) is 1.26. The summed E-state index contributed by atoms with van der Waals surface area (Å²) in [4.78, 5) is 12.9. The van der Waals surface area contributed by atoms with E-state index in [0.29, 0.717) is 17.2 Å². The standard InChI is InChI=1S/C24H23FN2O5S/c1-17-7-12-21-22(15-17)32-23(16-27(21)33(29,30)20-5-3-2-4-6-20)24(28)26-13-14-31-19-10-8-18(25)9-11-19/h2-12,15,23H,13-14,16H2,1H3,(H,26,28)/t23-/m1/s1. The number of nitrogens with zero attached hydrogens (tertiary/aromatic N) is 1. The molecule has 0 unspecified atom stereocenters. The van der Waals surface area contributed by atoms with E-state index in [0.717, 1.165) is 5.56 Å². The SMILES string of the molecule is Cc1ccc2c(c1)O[C@@H](C(=O)NCCOc1ccc(F)cc1)CN2S(=O)(=O)c1ccccc1. The van der Waals surface area contributed by atoms with Gasteiger partial charge < -0.3 is 14.8 Å². The van der Waals surface area contributed by atoms with Crippen LogP contribution < -0.4 is 19.1 Å². The summed E-state index contributed by atoms with van der Waals surface area (Å²) < 4.78 is 52.2. The van der Waals surface area contributed by atoms with Crippen molar-refractivity contribution in [3.05, 3.63) is 84.2 Å². The Kier molecular flexibility index (Phi) is 6.50. The first kappa shape index (κ1) is 22.6. The number of hydrogen-bond donors (Lipinski definition) is 1. The molecule has 0 saturated carbocycles. The molecule has 9 heteroatoms. The fourth-order valence-electron chi connectivity index (χ4n) is 3.43. The van der Waals surface area contributed by atoms with Crippen molar-refractivity contribution in [2.75, 3.05) is 24.0 Å². The minimum Gasteiger partial charge on any atom is -0.492 e. The van der Waals surface area contributed by atoms with Crippen LogP contribution in [0.4, 0.5) is 10.1 Å². The molecular weight excluding hydrogens is 447 g/mol. The molecule has 0 bridgehead atoms. The van der Waals surface area contributed by atoms with Gasteiger partial charge in [-0.15, -0.1) is 0 Å². The van der Waals surface area contributed by atoms with Gasteiger partial charge in [-0.1, -0.05) is 24.3 Å². The lowest BCUT2D eigenvalue weighted by Gasteiger charge is -2.35. The van der Waals surface area contributed by atoms with Gasteiger partial charge in [-0.3, -0.25) is 9.10 Å². The molecule has 4 rings (SSSR count). The van der Waals surface area contributed by atoms with Crippen molar-refractivity contribution in [2.24, 2.45) is 0 Å². The number of hydrogen-bond acceptors (Lipinski definition) is 5. The Morgan fingerprint density at radius 2 is 1.85 bits per heavy atom. The number of halogens is 1. The van der Waals surface area contributed by atoms with Crippen LogP contribution in [0.25, 0.3) is 0 Å². The number of carbonyl (C=O) groups excluding carboxylic acids is 1. The number of anilines is 1. The molecule has 1 heterocycles. The second kappa shape index (κ2) is 9.50. The summed E-state index contributed by atoms with van der Waals surface area (Å²) in [6.07, 6.45) is -1.04. The zero-order chi connectivity index (χ0) is 23.4. The third-order valence-electron chi connectivity index (χ3n) is 5.09. The monoisotopic (exact) mass is 470 g/mol. The molecule has 0 radical (unpaired) electrons. The lowest BCUT2D eigenvalue weighted by molar-refractivity contribution is -0.127. The summed E-state index contributed by atoms with van der Waals surface area (Å²) in [5, 5.41) is 2.71. The lowest BCUT2D eigenvalue weighted by Crippen LogP contribution is -2.51. The van der Waals surface area contributed by atoms with E-state index in [1.807, 2.05) is 6.92 Å². The van der Waals surface area contributed by atoms with Crippen LogP contribution >= 0.6 is 0 Å². The largest absolute Gasteiger partial charge is 0.492 e. The van der Waals surface area contributed by atoms with Gasteiger partial charge in [0.1, 0.15) is 23.9 Å². The van der Waals surface area contributed by atoms with Crippen LogP contribution in [0.2, 0.25) is 0 Å². The van der Waals surface area contributed by atoms with Crippen molar-refractivity contribution in [1.82, 2.24) is 5.32 Å². The highest BCUT2D eigenvalue weighted by molar-refractivity contribution is 7.92. The second-order valence-corrected chi connectivity index (χ2v) is 9.38. The minimum absolute atomic E-state index is 0.130. The van der Waals surface area contributed by atoms with E-state index >= 15 is 0 Å². The number of ether oxygens (including phenoxy) is 2. The van der Waals surface area contributed by atoms with Gasteiger partial charge >= 0.3 is 0 Å². The van der Waals surface area contributed by atoms with Gasteiger partial charge in [-0.05, 0) is 61.0 Å². The molecule has 0 fully saturated rings. The molecule has 1 aliphatic rings. The molecule has 0 aliphatic carbocycles. The molecule has 172 valence electrons. The Morgan fingerprint density at radius 3 is 2.58 bits per heavy atom. The van der Waals surface area contributed by atoms with Crippen molar-refractivity contribution in [3.63, 3.8) is 0 Å². The van der Waals surface area contributed by atoms with Gasteiger partial charge in [0.25, 0.3) is 15.9 Å². The van der Waals surface area contributed by atoms with Gasteiger partial charge in [0, 0.05) is 0 Å². The molecule has 1 N–H and O–H groups in total. The van der Waals surface area contributed by atoms with Gasteiger partial charge in [0.05, 0.1) is 23.7 Å². The third-order valence-corrected chi connectivity index (χ3v) is 6.89. The lowest BCUT2D eigenvalue weighted by atomic mass is 10.1. The van der Waals surface area contributed by atoms with Gasteiger partial charge in [0.2, 0.25) is 0 Å². The smallest absolute Gasteiger partial charge is 0.264 e. The van der Waals surface area contributed by atoms with Crippen molar-refractivity contribution in [2.45, 2.75) is 17.9 Å². The van der Waals surface area contributed by atoms with Crippen LogP contribution in [0.3, 0.4) is 0 Å². The van der Waals surface area contributed by atoms with E-state index in [2.05, 4.69) is 5.32 Å². The highest BCUT2D eigenvalue weighted by Gasteiger charge is 2.37. The van der Waals surface area contributed by atoms with Crippen molar-refractivity contribution in [3.8, 4) is 11.5 Å². The average molecular weight is 471 g/mol. The fraction of sp³-hybridized carbons (Fsp3) is 0.208. The Balaban J connectivity index is 1.47. The summed E-state index contributed by atoms with van der Waals surface area (Å²) in [5.74, 6) is -0.0266. The molecular formula is C24H23FN2O5S. The van der Waals surface area contributed by atoms with Crippen LogP contribution in [-0.4, -0.2) is 40.1 Å². The first-order valence-corrected chi connectivity index (χ1v) is 11.8. The van der Waals surface area contributed by atoms with Gasteiger partial charge in [-0.25, -0.2) is 12.8 Å². The quantitative estimate of drug-likeness (QED) is 0.536. The van der Waals surface area contributed by atoms with Crippen molar-refractivity contribution < 1.29 is 27.1 Å². The zero-order valence-corrected chi connectivity index (χ0v) is 18.7. The maximum Gasteiger partial charge on any atom is 0.264 e. The second-order valence-electron chi connectivity index (χ2n) is 7.52. The van der Waals surface area contributed by atoms with Crippen LogP contribution in [0.1, 0.15) is 5.56 Å². The number of carbonyl (C=O) groups is 1. The highest BCUT2D eigenvalue weighted by atomic mass is 32.2. The molecule has 3 aromatic rings. The Labute approximate surface area is 191 Å². The first-order chi connectivity index (χ1) is 15.8. The average Bonchev–Trinajstić information content (AvgIpc) is 2.82. The van der Waals surface area contributed by atoms with E-state index < -0.39 is 22.0 Å². The third kappa shape index (κ3) is 5.09. The first-order valence-electron chi connectivity index (χ1n) is 10.4. The van der Waals surface area contributed by atoms with Crippen LogP contribution in [0.15, 0.2) is 77.7 Å². The molecule has 0 spiro atoms. The molecule has 0 saturated heterocycles. The summed E-state index contributed by atoms with van der Waals surface area (Å²) >= 11 is 0. The molecule has 0 aromatic heterocycles. The number of nitrogens with one attached hydrogen (secondary N) is 1. The number of rotatable bonds is 7. The normalized spacial score (nSPS) is 15.3. The van der Waals surface area contributed by atoms with E-state index in [-0.39, 0.29) is 30.4 Å². The summed E-state index contributed by atoms with van der Waals surface area (Å²) in [6, 6.07) is 18.8. The van der Waals surface area contributed by atoms with E-state index in [1.165, 1.54) is 40.7 Å². The molecule has 7 nitrogen and oxygen atoms in total. The summed E-state index contributed by atoms with van der Waals surface area (Å²) in [6.45, 7) is 2.02. The predicted octanol–water partition coefficient (Wildman–Crippen LogP) is 3.29. The van der Waals surface area contributed by atoms with E-state index in [4.69, 9.17) is 9.47 Å². The summed E-state index contributed by atoms with van der Waals surface area (Å²) in [7, 11) is -3.90. The number of amides is 1. The molecule has 3 aromatic carbocycles. The van der Waals surface area contributed by atoms with Crippen molar-refractivity contribution >= 4 is 21.6 Å². The van der Waals surface area contributed by atoms with E-state index in [1.54, 1.807) is 36.4 Å². The van der Waals surface area contributed by atoms with Crippen LogP contribution in [0, 0.1) is 12.7 Å². The number of sulfonamides is 1. The maximum absolute atomic E-state index is 13.3. The predicted molar refractivity (Wildman–Crippen MR) is 121 cm³/mol. The molecule has 1 amide bonds. The Hall–Kier alpha value is -3.59. The number of fused-ring (bicyclic) bond motifs is 1. The minimum atomic E-state index is -3.90. The molecule has 1 aliphatic heterocycles. The molecule has 33 heavy (non-hydrogen) atoms. The Morgan fingerprint density at radius 1 is 1.12 bits per heavy atom. The van der Waals surface area contributed by atoms with Gasteiger partial charge in [-0.2, -0.15) is 0 Å². The maximum atomic E-state index is 13.3. The number of benzene rings is 3. The Bertz CT molecular complexity index is 1230. The topological polar surface area (TPSA) is 84.9 Å². The molecule has 1 atom stereocenters. The fourth-order valence-corrected chi connectivity index (χ4v) is 4.93. The zero-order valence-electron chi connectivity index (χ0n) is 17.9. The van der Waals surface area contributed by atoms with Crippen molar-refractivity contribution in [1.29, 1.82) is 0 Å². The van der Waals surface area contributed by atoms with Gasteiger partial charge in [0.15, 0.2) is 6.10 Å². The highest BCUT2D eigenvalue weighted by Crippen LogP contribution is 2.37. The van der Waals surface area contributed by atoms with Crippen LogP contribution in [-0.2, 0) is 14.8 Å². The van der Waals surface area contributed by atoms with Crippen LogP contribution in [0.5, 0.6) is 11.5 Å². The number of aryl methyl sites for hydroxylation is 1.